The zero-order chi connectivity index (χ0) is 31.7. The van der Waals surface area contributed by atoms with Crippen molar-refractivity contribution in [3.8, 4) is 0 Å². The number of rotatable bonds is 11. The molecule has 1 atom stereocenters. The van der Waals surface area contributed by atoms with Gasteiger partial charge in [-0.2, -0.15) is 5.10 Å². The lowest BCUT2D eigenvalue weighted by molar-refractivity contribution is -0.117. The zero-order valence-corrected chi connectivity index (χ0v) is 28.0. The molecule has 4 N–H and O–H groups in total. The van der Waals surface area contributed by atoms with Gasteiger partial charge in [0.2, 0.25) is 6.41 Å². The summed E-state index contributed by atoms with van der Waals surface area (Å²) in [6, 6.07) is 7.58. The molecule has 1 aromatic rings. The van der Waals surface area contributed by atoms with Crippen LogP contribution in [0, 0.1) is 5.41 Å². The number of hydrogen-bond donors (Lipinski definition) is 2. The van der Waals surface area contributed by atoms with Crippen molar-refractivity contribution in [3.05, 3.63) is 77.5 Å². The third-order valence-electron chi connectivity index (χ3n) is 6.05. The molecule has 228 valence electrons. The van der Waals surface area contributed by atoms with E-state index in [4.69, 9.17) is 11.6 Å². The number of benzene rings is 1. The molecule has 0 aliphatic heterocycles. The van der Waals surface area contributed by atoms with Gasteiger partial charge in [-0.15, -0.1) is 0 Å². The summed E-state index contributed by atoms with van der Waals surface area (Å²) in [6.45, 7) is 29.2. The zero-order valence-electron chi connectivity index (χ0n) is 28.0. The van der Waals surface area contributed by atoms with Gasteiger partial charge in [-0.05, 0) is 55.7 Å². The Morgan fingerprint density at radius 1 is 1.07 bits per heavy atom. The minimum atomic E-state index is -0.122. The van der Waals surface area contributed by atoms with Crippen LogP contribution in [0.15, 0.2) is 71.5 Å². The maximum Gasteiger partial charge on any atom is 0.214 e. The van der Waals surface area contributed by atoms with Crippen molar-refractivity contribution in [1.29, 1.82) is 0 Å². The molecule has 0 radical (unpaired) electrons. The minimum Gasteiger partial charge on any atom is -0.382 e. The van der Waals surface area contributed by atoms with E-state index in [0.717, 1.165) is 53.6 Å². The molecule has 0 saturated carbocycles. The molecule has 0 aliphatic carbocycles. The van der Waals surface area contributed by atoms with E-state index in [1.54, 1.807) is 11.0 Å². The summed E-state index contributed by atoms with van der Waals surface area (Å²) in [5.41, 5.74) is 11.2. The summed E-state index contributed by atoms with van der Waals surface area (Å²) in [5, 5.41) is 3.61. The first-order chi connectivity index (χ1) is 18.9. The van der Waals surface area contributed by atoms with Crippen LogP contribution < -0.4 is 11.6 Å². The number of nitrogens with two attached hydrogens (primary N) is 2. The van der Waals surface area contributed by atoms with Crippen molar-refractivity contribution in [2.24, 2.45) is 22.1 Å². The Bertz CT molecular complexity index is 933. The third-order valence-corrected chi connectivity index (χ3v) is 6.05. The molecule has 0 fully saturated rings. The maximum absolute atomic E-state index is 11.8. The number of allylic oxidation sites excluding steroid dienone is 5. The van der Waals surface area contributed by atoms with E-state index >= 15 is 0 Å². The highest BCUT2D eigenvalue weighted by Gasteiger charge is 2.17. The molecular formula is C35H62N4O. The first-order valence-electron chi connectivity index (χ1n) is 14.9. The molecule has 5 nitrogen and oxygen atoms in total. The molecule has 0 saturated heterocycles. The Morgan fingerprint density at radius 2 is 1.57 bits per heavy atom. The van der Waals surface area contributed by atoms with Crippen molar-refractivity contribution >= 4 is 17.8 Å². The topological polar surface area (TPSA) is 84.7 Å². The Hall–Kier alpha value is -3.08. The molecule has 1 amide bonds. The van der Waals surface area contributed by atoms with Gasteiger partial charge in [0.05, 0.1) is 6.04 Å². The van der Waals surface area contributed by atoms with E-state index in [1.807, 2.05) is 77.1 Å². The smallest absolute Gasteiger partial charge is 0.214 e. The van der Waals surface area contributed by atoms with Gasteiger partial charge < -0.3 is 16.5 Å². The molecule has 0 heterocycles. The number of carbonyl (C=O) groups is 1. The fourth-order valence-electron chi connectivity index (χ4n) is 3.16. The summed E-state index contributed by atoms with van der Waals surface area (Å²) in [5.74, 6) is 5.64. The second kappa shape index (κ2) is 24.9. The van der Waals surface area contributed by atoms with E-state index in [-0.39, 0.29) is 11.9 Å². The summed E-state index contributed by atoms with van der Waals surface area (Å²) < 4.78 is 0. The lowest BCUT2D eigenvalue weighted by Crippen LogP contribution is -2.32. The van der Waals surface area contributed by atoms with Gasteiger partial charge in [-0.3, -0.25) is 4.79 Å². The van der Waals surface area contributed by atoms with Crippen molar-refractivity contribution in [3.63, 3.8) is 0 Å². The number of amides is 1. The summed E-state index contributed by atoms with van der Waals surface area (Å²) in [6.07, 6.45) is 14.2. The van der Waals surface area contributed by atoms with Crippen LogP contribution in [0.1, 0.15) is 126 Å². The predicted molar refractivity (Wildman–Crippen MR) is 181 cm³/mol. The van der Waals surface area contributed by atoms with Crippen LogP contribution in [0.4, 0.5) is 0 Å². The normalized spacial score (nSPS) is 12.9. The van der Waals surface area contributed by atoms with E-state index in [9.17, 15) is 4.79 Å². The van der Waals surface area contributed by atoms with Gasteiger partial charge in [-0.1, -0.05) is 137 Å². The van der Waals surface area contributed by atoms with Crippen molar-refractivity contribution in [2.45, 2.75) is 121 Å². The fraction of sp³-hybridized carbons (Fsp3) is 0.543. The lowest BCUT2D eigenvalue weighted by Gasteiger charge is -2.28. The van der Waals surface area contributed by atoms with Crippen LogP contribution in [0.5, 0.6) is 0 Å². The molecule has 0 aromatic heterocycles. The standard InChI is InChI=1S/C24H34N4O.C6H14.C3H8.C2H6/c1-6-9-12-21(8-3)28(17-29)19(5)20(7-2)16-15-18(4)22-13-10-11-14-23(22)24(25)27-26;1-5-6(2,3)4;1-3-2;1-2/h7-8,10-11,13-17,19H,2,6,9,12,26H2,1,3-5H3,(H2,25,27);5H2,1-4H3;3H2,1-2H3;1-2H3/b18-15+,20-16+,21-8-;;;. The Morgan fingerprint density at radius 3 is 1.95 bits per heavy atom. The van der Waals surface area contributed by atoms with E-state index < -0.39 is 0 Å². The first-order valence-corrected chi connectivity index (χ1v) is 14.9. The van der Waals surface area contributed by atoms with Gasteiger partial charge in [-0.25, -0.2) is 0 Å². The van der Waals surface area contributed by atoms with Crippen LogP contribution in [-0.4, -0.2) is 23.2 Å². The van der Waals surface area contributed by atoms with Crippen LogP contribution in [0.3, 0.4) is 0 Å². The first kappa shape index (κ1) is 41.4. The van der Waals surface area contributed by atoms with Gasteiger partial charge in [0.15, 0.2) is 5.84 Å². The molecule has 0 bridgehead atoms. The molecule has 1 rings (SSSR count). The van der Waals surface area contributed by atoms with E-state index in [1.165, 1.54) is 12.8 Å². The summed E-state index contributed by atoms with van der Waals surface area (Å²) >= 11 is 0. The highest BCUT2D eigenvalue weighted by molar-refractivity contribution is 6.01. The van der Waals surface area contributed by atoms with Gasteiger partial charge in [0, 0.05) is 11.3 Å². The van der Waals surface area contributed by atoms with Crippen LogP contribution in [-0.2, 0) is 4.79 Å². The number of hydrogen-bond acceptors (Lipinski definition) is 3. The van der Waals surface area contributed by atoms with Crippen molar-refractivity contribution in [2.75, 3.05) is 0 Å². The van der Waals surface area contributed by atoms with E-state index in [2.05, 4.69) is 60.1 Å². The molecule has 40 heavy (non-hydrogen) atoms. The quantitative estimate of drug-likeness (QED) is 0.0713. The molecule has 5 heteroatoms. The fourth-order valence-corrected chi connectivity index (χ4v) is 3.16. The van der Waals surface area contributed by atoms with Crippen LogP contribution in [0.2, 0.25) is 0 Å². The molecule has 1 aromatic carbocycles. The second-order valence-electron chi connectivity index (χ2n) is 10.5. The number of carbonyl (C=O) groups excluding carboxylic acids is 1. The summed E-state index contributed by atoms with van der Waals surface area (Å²) in [4.78, 5) is 13.6. The average Bonchev–Trinajstić information content (AvgIpc) is 2.96. The van der Waals surface area contributed by atoms with Crippen molar-refractivity contribution < 1.29 is 4.79 Å². The monoisotopic (exact) mass is 554 g/mol. The Kier molecular flexibility index (Phi) is 25.8. The Balaban J connectivity index is -0.00000106. The van der Waals surface area contributed by atoms with Crippen LogP contribution in [0.25, 0.3) is 5.57 Å². The van der Waals surface area contributed by atoms with Gasteiger partial charge in [0.1, 0.15) is 0 Å². The molecule has 0 aliphatic rings. The highest BCUT2D eigenvalue weighted by atomic mass is 16.1. The molecular weight excluding hydrogens is 492 g/mol. The molecule has 1 unspecified atom stereocenters. The largest absolute Gasteiger partial charge is 0.382 e. The number of nitrogens with zero attached hydrogens (tertiary/aromatic N) is 2. The SMILES string of the molecule is C=C/C(=C\C=C(/C)c1ccccc1/C(N)=N/N)C(C)N(C=O)/C(=C\C)CCCC.CC.CCC.CCC(C)(C)C. The second-order valence-corrected chi connectivity index (χ2v) is 10.5. The summed E-state index contributed by atoms with van der Waals surface area (Å²) in [7, 11) is 0. The number of hydrazone groups is 1. The average molecular weight is 555 g/mol. The third kappa shape index (κ3) is 17.5. The van der Waals surface area contributed by atoms with Crippen LogP contribution >= 0.6 is 0 Å². The predicted octanol–water partition coefficient (Wildman–Crippen LogP) is 9.61. The lowest BCUT2D eigenvalue weighted by atomic mass is 9.94. The highest BCUT2D eigenvalue weighted by Crippen LogP contribution is 2.22. The van der Waals surface area contributed by atoms with E-state index in [0.29, 0.717) is 5.41 Å². The number of amidine groups is 1. The van der Waals surface area contributed by atoms with Gasteiger partial charge >= 0.3 is 0 Å². The molecule has 0 spiro atoms. The number of unbranched alkanes of at least 4 members (excludes halogenated alkanes) is 1. The van der Waals surface area contributed by atoms with Gasteiger partial charge in [0.25, 0.3) is 0 Å². The van der Waals surface area contributed by atoms with Crippen molar-refractivity contribution in [1.82, 2.24) is 4.90 Å². The minimum absolute atomic E-state index is 0.122. The Labute approximate surface area is 248 Å². The maximum atomic E-state index is 11.8.